The Bertz CT molecular complexity index is 736. The molecule has 1 saturated heterocycles. The zero-order valence-corrected chi connectivity index (χ0v) is 21.6. The molecule has 1 heterocycles. The van der Waals surface area contributed by atoms with E-state index in [0.717, 1.165) is 12.8 Å². The minimum Gasteiger partial charge on any atom is -0.444 e. The second-order valence-electron chi connectivity index (χ2n) is 11.6. The first-order valence-electron chi connectivity index (χ1n) is 12.9. The molecule has 33 heavy (non-hydrogen) atoms. The van der Waals surface area contributed by atoms with Gasteiger partial charge in [0.15, 0.2) is 0 Å². The fourth-order valence-corrected chi connectivity index (χ4v) is 5.38. The lowest BCUT2D eigenvalue weighted by Crippen LogP contribution is -2.50. The zero-order chi connectivity index (χ0) is 24.1. The van der Waals surface area contributed by atoms with Crippen LogP contribution in [-0.2, 0) is 20.8 Å². The van der Waals surface area contributed by atoms with Crippen molar-refractivity contribution in [2.24, 2.45) is 11.8 Å². The Kier molecular flexibility index (Phi) is 8.85. The first kappa shape index (κ1) is 26.0. The van der Waals surface area contributed by atoms with Crippen molar-refractivity contribution >= 4 is 6.09 Å². The van der Waals surface area contributed by atoms with E-state index >= 15 is 0 Å². The Morgan fingerprint density at radius 3 is 2.45 bits per heavy atom. The number of amides is 1. The highest BCUT2D eigenvalue weighted by Crippen LogP contribution is 2.41. The molecule has 186 valence electrons. The van der Waals surface area contributed by atoms with Crippen molar-refractivity contribution in [1.82, 2.24) is 4.90 Å². The predicted molar refractivity (Wildman–Crippen MR) is 132 cm³/mol. The van der Waals surface area contributed by atoms with Gasteiger partial charge < -0.3 is 14.2 Å². The van der Waals surface area contributed by atoms with Crippen molar-refractivity contribution in [1.29, 1.82) is 0 Å². The third-order valence-electron chi connectivity index (χ3n) is 6.82. The average Bonchev–Trinajstić information content (AvgIpc) is 2.97. The summed E-state index contributed by atoms with van der Waals surface area (Å²) in [5, 5.41) is 0. The molecule has 3 atom stereocenters. The lowest BCUT2D eigenvalue weighted by Gasteiger charge is -2.37. The summed E-state index contributed by atoms with van der Waals surface area (Å²) < 4.78 is 18.4. The molecule has 1 aliphatic heterocycles. The third kappa shape index (κ3) is 7.71. The molecular weight excluding hydrogens is 414 g/mol. The summed E-state index contributed by atoms with van der Waals surface area (Å²) in [5.74, 6) is 0.986. The second kappa shape index (κ2) is 11.2. The Morgan fingerprint density at radius 2 is 1.82 bits per heavy atom. The van der Waals surface area contributed by atoms with Crippen molar-refractivity contribution < 1.29 is 19.0 Å². The van der Waals surface area contributed by atoms with E-state index in [1.54, 1.807) is 0 Å². The van der Waals surface area contributed by atoms with Gasteiger partial charge in [0.1, 0.15) is 11.3 Å². The van der Waals surface area contributed by atoms with Crippen LogP contribution in [0.3, 0.4) is 0 Å². The highest BCUT2D eigenvalue weighted by molar-refractivity contribution is 5.70. The van der Waals surface area contributed by atoms with Crippen LogP contribution in [0.15, 0.2) is 30.3 Å². The van der Waals surface area contributed by atoms with Gasteiger partial charge >= 0.3 is 6.09 Å². The number of hydrogen-bond donors (Lipinski definition) is 0. The SMILES string of the molecule is C[C@@H](COCc1ccccc1)CC1OC(C)(C)N(C(=O)OC(C)(C)C)C1CC1CCCCC1. The molecule has 0 spiro atoms. The van der Waals surface area contributed by atoms with Gasteiger partial charge in [0.05, 0.1) is 18.8 Å². The third-order valence-corrected chi connectivity index (χ3v) is 6.82. The largest absolute Gasteiger partial charge is 0.444 e. The molecule has 0 N–H and O–H groups in total. The minimum absolute atomic E-state index is 0.00947. The smallest absolute Gasteiger partial charge is 0.412 e. The minimum atomic E-state index is -0.684. The summed E-state index contributed by atoms with van der Waals surface area (Å²) in [6, 6.07) is 10.3. The Morgan fingerprint density at radius 1 is 1.15 bits per heavy atom. The van der Waals surface area contributed by atoms with Crippen LogP contribution in [0.2, 0.25) is 0 Å². The summed E-state index contributed by atoms with van der Waals surface area (Å²) in [7, 11) is 0. The number of rotatable bonds is 8. The van der Waals surface area contributed by atoms with E-state index in [2.05, 4.69) is 19.1 Å². The topological polar surface area (TPSA) is 48.0 Å². The van der Waals surface area contributed by atoms with Crippen molar-refractivity contribution in [3.05, 3.63) is 35.9 Å². The van der Waals surface area contributed by atoms with Crippen LogP contribution in [-0.4, -0.2) is 41.1 Å². The molecule has 1 aromatic carbocycles. The summed E-state index contributed by atoms with van der Waals surface area (Å²) in [5.41, 5.74) is -0.0230. The second-order valence-corrected chi connectivity index (χ2v) is 11.6. The van der Waals surface area contributed by atoms with Gasteiger partial charge in [0, 0.05) is 6.61 Å². The van der Waals surface area contributed by atoms with Gasteiger partial charge in [0.2, 0.25) is 0 Å². The van der Waals surface area contributed by atoms with Gasteiger partial charge in [-0.25, -0.2) is 4.79 Å². The molecule has 2 aliphatic rings. The van der Waals surface area contributed by atoms with Crippen molar-refractivity contribution in [3.63, 3.8) is 0 Å². The first-order valence-corrected chi connectivity index (χ1v) is 12.9. The van der Waals surface area contributed by atoms with Gasteiger partial charge in [-0.2, -0.15) is 0 Å². The molecule has 2 fully saturated rings. The number of hydrogen-bond acceptors (Lipinski definition) is 4. The van der Waals surface area contributed by atoms with Crippen LogP contribution in [0.5, 0.6) is 0 Å². The van der Waals surface area contributed by atoms with Gasteiger partial charge in [-0.15, -0.1) is 0 Å². The Hall–Kier alpha value is -1.59. The number of benzene rings is 1. The molecule has 1 aromatic rings. The van der Waals surface area contributed by atoms with Gasteiger partial charge in [-0.1, -0.05) is 69.4 Å². The Labute approximate surface area is 201 Å². The molecule has 0 bridgehead atoms. The number of carbonyl (C=O) groups excluding carboxylic acids is 1. The van der Waals surface area contributed by atoms with Crippen LogP contribution in [0.4, 0.5) is 4.79 Å². The van der Waals surface area contributed by atoms with Crippen LogP contribution < -0.4 is 0 Å². The number of nitrogens with zero attached hydrogens (tertiary/aromatic N) is 1. The summed E-state index contributed by atoms with van der Waals surface area (Å²) >= 11 is 0. The number of ether oxygens (including phenoxy) is 3. The highest BCUT2D eigenvalue weighted by atomic mass is 16.6. The van der Waals surface area contributed by atoms with Crippen molar-refractivity contribution in [3.8, 4) is 0 Å². The first-order chi connectivity index (χ1) is 15.5. The quantitative estimate of drug-likeness (QED) is 0.422. The van der Waals surface area contributed by atoms with Gasteiger partial charge in [0.25, 0.3) is 0 Å². The summed E-state index contributed by atoms with van der Waals surface area (Å²) in [6.07, 6.45) is 8.01. The van der Waals surface area contributed by atoms with E-state index in [-0.39, 0.29) is 18.2 Å². The molecule has 1 aliphatic carbocycles. The molecule has 0 aromatic heterocycles. The lowest BCUT2D eigenvalue weighted by atomic mass is 9.82. The fraction of sp³-hybridized carbons (Fsp3) is 0.750. The van der Waals surface area contributed by atoms with E-state index in [4.69, 9.17) is 14.2 Å². The highest BCUT2D eigenvalue weighted by Gasteiger charge is 2.51. The van der Waals surface area contributed by atoms with E-state index in [1.165, 1.54) is 37.7 Å². The average molecular weight is 460 g/mol. The Balaban J connectivity index is 1.67. The zero-order valence-electron chi connectivity index (χ0n) is 21.6. The van der Waals surface area contributed by atoms with E-state index in [0.29, 0.717) is 25.0 Å². The maximum Gasteiger partial charge on any atom is 0.412 e. The molecule has 1 amide bonds. The molecule has 5 heteroatoms. The van der Waals surface area contributed by atoms with E-state index in [9.17, 15) is 4.79 Å². The standard InChI is InChI=1S/C28H45NO4/c1-21(19-31-20-23-15-11-8-12-16-23)17-25-24(18-22-13-9-7-10-14-22)29(28(5,6)32-25)26(30)33-27(2,3)4/h8,11-12,15-16,21-22,24-25H,7,9-10,13-14,17-20H2,1-6H3/t21-,24?,25?/m1/s1. The molecule has 5 nitrogen and oxygen atoms in total. The van der Waals surface area contributed by atoms with Crippen LogP contribution in [0.25, 0.3) is 0 Å². The molecule has 0 radical (unpaired) electrons. The van der Waals surface area contributed by atoms with Gasteiger partial charge in [-0.05, 0) is 64.9 Å². The van der Waals surface area contributed by atoms with Gasteiger partial charge in [-0.3, -0.25) is 4.90 Å². The molecular formula is C28H45NO4. The van der Waals surface area contributed by atoms with E-state index < -0.39 is 11.3 Å². The monoisotopic (exact) mass is 459 g/mol. The number of carbonyl (C=O) groups is 1. The van der Waals surface area contributed by atoms with Crippen molar-refractivity contribution in [2.75, 3.05) is 6.61 Å². The molecule has 2 unspecified atom stereocenters. The fourth-order valence-electron chi connectivity index (χ4n) is 5.38. The van der Waals surface area contributed by atoms with E-state index in [1.807, 2.05) is 57.7 Å². The van der Waals surface area contributed by atoms with Crippen molar-refractivity contribution in [2.45, 2.75) is 117 Å². The molecule has 3 rings (SSSR count). The van der Waals surface area contributed by atoms with Crippen LogP contribution >= 0.6 is 0 Å². The summed E-state index contributed by atoms with van der Waals surface area (Å²) in [4.78, 5) is 15.2. The van der Waals surface area contributed by atoms with Crippen LogP contribution in [0.1, 0.15) is 92.1 Å². The maximum absolute atomic E-state index is 13.3. The predicted octanol–water partition coefficient (Wildman–Crippen LogP) is 6.94. The normalized spacial score (nSPS) is 24.6. The maximum atomic E-state index is 13.3. The molecule has 1 saturated carbocycles. The van der Waals surface area contributed by atoms with Crippen LogP contribution in [0, 0.1) is 11.8 Å². The summed E-state index contributed by atoms with van der Waals surface area (Å²) in [6.45, 7) is 13.3. The lowest BCUT2D eigenvalue weighted by molar-refractivity contribution is -0.0834.